The molecule has 1 unspecified atom stereocenters. The molecule has 2 aliphatic rings. The van der Waals surface area contributed by atoms with Crippen molar-refractivity contribution in [3.05, 3.63) is 23.4 Å². The molecule has 1 aliphatic heterocycles. The van der Waals surface area contributed by atoms with E-state index in [0.717, 1.165) is 12.1 Å². The zero-order valence-electron chi connectivity index (χ0n) is 6.87. The number of hydrogen-bond donors (Lipinski definition) is 1. The van der Waals surface area contributed by atoms with E-state index in [4.69, 9.17) is 0 Å². The van der Waals surface area contributed by atoms with E-state index in [1.54, 1.807) is 0 Å². The van der Waals surface area contributed by atoms with E-state index in [-0.39, 0.29) is 11.9 Å². The van der Waals surface area contributed by atoms with E-state index in [1.165, 1.54) is 11.8 Å². The van der Waals surface area contributed by atoms with Gasteiger partial charge in [-0.1, -0.05) is 11.6 Å². The van der Waals surface area contributed by atoms with Gasteiger partial charge in [-0.3, -0.25) is 9.79 Å². The van der Waals surface area contributed by atoms with Gasteiger partial charge in [0.15, 0.2) is 0 Å². The highest BCUT2D eigenvalue weighted by atomic mass is 16.1. The summed E-state index contributed by atoms with van der Waals surface area (Å²) in [4.78, 5) is 15.0. The van der Waals surface area contributed by atoms with Crippen LogP contribution in [0.15, 0.2) is 28.4 Å². The van der Waals surface area contributed by atoms with Crippen LogP contribution >= 0.6 is 0 Å². The molecule has 62 valence electrons. The van der Waals surface area contributed by atoms with Crippen molar-refractivity contribution < 1.29 is 4.79 Å². The monoisotopic (exact) mass is 162 g/mol. The predicted molar refractivity (Wildman–Crippen MR) is 46.9 cm³/mol. The van der Waals surface area contributed by atoms with Gasteiger partial charge in [-0.25, -0.2) is 0 Å². The molecular formula is C9H10N2O. The molecule has 0 radical (unpaired) electrons. The van der Waals surface area contributed by atoms with Gasteiger partial charge in [0.25, 0.3) is 5.91 Å². The summed E-state index contributed by atoms with van der Waals surface area (Å²) in [5.41, 5.74) is 2.18. The van der Waals surface area contributed by atoms with Crippen molar-refractivity contribution in [1.29, 1.82) is 0 Å². The molecule has 0 saturated carbocycles. The first-order chi connectivity index (χ1) is 5.75. The van der Waals surface area contributed by atoms with Crippen molar-refractivity contribution in [3.63, 3.8) is 0 Å². The fraction of sp³-hybridized carbons (Fsp3) is 0.333. The summed E-state index contributed by atoms with van der Waals surface area (Å²) in [6.45, 7) is 2.04. The Hall–Kier alpha value is -1.38. The standard InChI is InChI=1S/C9H10N2O/c1-6-2-3-7-8(4-6)10-5-9(12)11-7/h2,4-5,7H,3H2,1H3,(H,11,12). The first-order valence-corrected chi connectivity index (χ1v) is 3.98. The SMILES string of the molecule is CC1=CCC2NC(=O)C=NC2=C1. The maximum Gasteiger partial charge on any atom is 0.262 e. The third-order valence-corrected chi connectivity index (χ3v) is 2.06. The van der Waals surface area contributed by atoms with Crippen LogP contribution in [0.4, 0.5) is 0 Å². The topological polar surface area (TPSA) is 41.5 Å². The molecule has 0 aromatic rings. The minimum Gasteiger partial charge on any atom is -0.343 e. The van der Waals surface area contributed by atoms with E-state index in [0.29, 0.717) is 0 Å². The third-order valence-electron chi connectivity index (χ3n) is 2.06. The Labute approximate surface area is 70.9 Å². The molecule has 0 aromatic carbocycles. The molecular weight excluding hydrogens is 152 g/mol. The van der Waals surface area contributed by atoms with E-state index >= 15 is 0 Å². The summed E-state index contributed by atoms with van der Waals surface area (Å²) in [7, 11) is 0. The van der Waals surface area contributed by atoms with Gasteiger partial charge >= 0.3 is 0 Å². The predicted octanol–water partition coefficient (Wildman–Crippen LogP) is 0.789. The zero-order chi connectivity index (χ0) is 8.55. The molecule has 1 heterocycles. The average molecular weight is 162 g/mol. The van der Waals surface area contributed by atoms with E-state index < -0.39 is 0 Å². The van der Waals surface area contributed by atoms with Crippen LogP contribution in [0.2, 0.25) is 0 Å². The molecule has 3 heteroatoms. The van der Waals surface area contributed by atoms with E-state index in [2.05, 4.69) is 16.4 Å². The normalized spacial score (nSPS) is 27.1. The fourth-order valence-electron chi connectivity index (χ4n) is 1.42. The number of nitrogens with one attached hydrogen (secondary N) is 1. The molecule has 12 heavy (non-hydrogen) atoms. The summed E-state index contributed by atoms with van der Waals surface area (Å²) in [5, 5.41) is 2.84. The first-order valence-electron chi connectivity index (χ1n) is 3.98. The second kappa shape index (κ2) is 2.59. The lowest BCUT2D eigenvalue weighted by Crippen LogP contribution is -2.40. The number of allylic oxidation sites excluding steroid dienone is 2. The molecule has 0 saturated heterocycles. The van der Waals surface area contributed by atoms with Gasteiger partial charge in [-0.2, -0.15) is 0 Å². The Morgan fingerprint density at radius 2 is 2.50 bits per heavy atom. The molecule has 0 aromatic heterocycles. The smallest absolute Gasteiger partial charge is 0.262 e. The molecule has 0 fully saturated rings. The van der Waals surface area contributed by atoms with Crippen LogP contribution in [-0.2, 0) is 4.79 Å². The Balaban J connectivity index is 2.32. The summed E-state index contributed by atoms with van der Waals surface area (Å²) in [6.07, 6.45) is 6.31. The highest BCUT2D eigenvalue weighted by Crippen LogP contribution is 2.19. The average Bonchev–Trinajstić information content (AvgIpc) is 2.05. The number of carbonyl (C=O) groups is 1. The summed E-state index contributed by atoms with van der Waals surface area (Å²) >= 11 is 0. The lowest BCUT2D eigenvalue weighted by Gasteiger charge is -2.23. The van der Waals surface area contributed by atoms with Gasteiger partial charge in [0.1, 0.15) is 0 Å². The number of aliphatic imine (C=N–C) groups is 1. The molecule has 0 bridgehead atoms. The fourth-order valence-corrected chi connectivity index (χ4v) is 1.42. The molecule has 1 aliphatic carbocycles. The van der Waals surface area contributed by atoms with Crippen molar-refractivity contribution >= 4 is 12.1 Å². The van der Waals surface area contributed by atoms with Crippen molar-refractivity contribution in [2.24, 2.45) is 4.99 Å². The van der Waals surface area contributed by atoms with Crippen LogP contribution in [0.1, 0.15) is 13.3 Å². The first kappa shape index (κ1) is 7.28. The van der Waals surface area contributed by atoms with Crippen LogP contribution < -0.4 is 5.32 Å². The number of fused-ring (bicyclic) bond motifs is 1. The number of amides is 1. The zero-order valence-corrected chi connectivity index (χ0v) is 6.87. The second-order valence-corrected chi connectivity index (χ2v) is 3.07. The number of hydrogen-bond acceptors (Lipinski definition) is 2. The van der Waals surface area contributed by atoms with Crippen LogP contribution in [0.3, 0.4) is 0 Å². The van der Waals surface area contributed by atoms with Crippen molar-refractivity contribution in [2.45, 2.75) is 19.4 Å². The molecule has 1 amide bonds. The minimum atomic E-state index is -0.0925. The van der Waals surface area contributed by atoms with Crippen LogP contribution in [-0.4, -0.2) is 18.2 Å². The molecule has 1 N–H and O–H groups in total. The van der Waals surface area contributed by atoms with Gasteiger partial charge in [-0.05, 0) is 19.4 Å². The van der Waals surface area contributed by atoms with Gasteiger partial charge in [0.05, 0.1) is 18.0 Å². The quantitative estimate of drug-likeness (QED) is 0.562. The molecule has 3 nitrogen and oxygen atoms in total. The number of rotatable bonds is 0. The van der Waals surface area contributed by atoms with Gasteiger partial charge in [-0.15, -0.1) is 0 Å². The summed E-state index contributed by atoms with van der Waals surface area (Å²) < 4.78 is 0. The van der Waals surface area contributed by atoms with Gasteiger partial charge in [0, 0.05) is 0 Å². The maximum atomic E-state index is 10.9. The Bertz CT molecular complexity index is 312. The molecule has 0 spiro atoms. The Kier molecular flexibility index (Phi) is 1.57. The largest absolute Gasteiger partial charge is 0.343 e. The molecule has 1 atom stereocenters. The van der Waals surface area contributed by atoms with Crippen molar-refractivity contribution in [1.82, 2.24) is 5.32 Å². The van der Waals surface area contributed by atoms with Crippen LogP contribution in [0.5, 0.6) is 0 Å². The number of carbonyl (C=O) groups excluding carboxylic acids is 1. The van der Waals surface area contributed by atoms with Crippen molar-refractivity contribution in [2.75, 3.05) is 0 Å². The van der Waals surface area contributed by atoms with Gasteiger partial charge in [0.2, 0.25) is 0 Å². The highest BCUT2D eigenvalue weighted by molar-refractivity contribution is 6.27. The lowest BCUT2D eigenvalue weighted by atomic mass is 10.00. The van der Waals surface area contributed by atoms with E-state index in [1.807, 2.05) is 13.0 Å². The summed E-state index contributed by atoms with van der Waals surface area (Å²) in [5.74, 6) is -0.0925. The maximum absolute atomic E-state index is 10.9. The van der Waals surface area contributed by atoms with Crippen molar-refractivity contribution in [3.8, 4) is 0 Å². The number of nitrogens with zero attached hydrogens (tertiary/aromatic N) is 1. The van der Waals surface area contributed by atoms with E-state index in [9.17, 15) is 4.79 Å². The summed E-state index contributed by atoms with van der Waals surface area (Å²) in [6, 6.07) is 0.103. The lowest BCUT2D eigenvalue weighted by molar-refractivity contribution is -0.115. The minimum absolute atomic E-state index is 0.0925. The Morgan fingerprint density at radius 1 is 1.67 bits per heavy atom. The Morgan fingerprint density at radius 3 is 3.33 bits per heavy atom. The van der Waals surface area contributed by atoms with Crippen LogP contribution in [0, 0.1) is 0 Å². The van der Waals surface area contributed by atoms with Crippen LogP contribution in [0.25, 0.3) is 0 Å². The third kappa shape index (κ3) is 1.18. The highest BCUT2D eigenvalue weighted by Gasteiger charge is 2.21. The molecule has 2 rings (SSSR count). The van der Waals surface area contributed by atoms with Gasteiger partial charge < -0.3 is 5.32 Å². The second-order valence-electron chi connectivity index (χ2n) is 3.07.